The van der Waals surface area contributed by atoms with Gasteiger partial charge in [0.1, 0.15) is 5.82 Å². The number of rotatable bonds is 2. The molecule has 0 bridgehead atoms. The van der Waals surface area contributed by atoms with E-state index in [1.807, 2.05) is 25.3 Å². The molecule has 0 spiro atoms. The van der Waals surface area contributed by atoms with Gasteiger partial charge in [-0.2, -0.15) is 0 Å². The Kier molecular flexibility index (Phi) is 3.14. The van der Waals surface area contributed by atoms with Crippen molar-refractivity contribution >= 4 is 17.2 Å². The molecule has 0 saturated heterocycles. The number of carbonyl (C=O) groups excluding carboxylic acids is 1. The molecule has 0 aromatic carbocycles. The molecule has 1 atom stereocenters. The lowest BCUT2D eigenvalue weighted by molar-refractivity contribution is 0.0931. The Morgan fingerprint density at radius 3 is 3.11 bits per heavy atom. The molecule has 0 fully saturated rings. The van der Waals surface area contributed by atoms with Crippen LogP contribution in [0.15, 0.2) is 17.6 Å². The fourth-order valence-corrected chi connectivity index (χ4v) is 3.39. The number of carbonyl (C=O) groups is 1. The third-order valence-corrected chi connectivity index (χ3v) is 4.53. The van der Waals surface area contributed by atoms with E-state index in [0.29, 0.717) is 0 Å². The lowest BCUT2D eigenvalue weighted by Gasteiger charge is -2.24. The molecule has 1 amide bonds. The molecule has 3 rings (SSSR count). The second kappa shape index (κ2) is 4.81. The summed E-state index contributed by atoms with van der Waals surface area (Å²) in [6.07, 6.45) is 3.96. The van der Waals surface area contributed by atoms with Gasteiger partial charge in [0.25, 0.3) is 5.91 Å². The summed E-state index contributed by atoms with van der Waals surface area (Å²) in [5.41, 5.74) is 2.11. The second-order valence-corrected chi connectivity index (χ2v) is 6.01. The fraction of sp³-hybridized carbons (Fsp3) is 0.429. The fourth-order valence-electron chi connectivity index (χ4n) is 2.56. The van der Waals surface area contributed by atoms with E-state index in [1.54, 1.807) is 0 Å². The lowest BCUT2D eigenvalue weighted by Crippen LogP contribution is -2.40. The number of thiophene rings is 1. The molecule has 5 heteroatoms. The van der Waals surface area contributed by atoms with Crippen molar-refractivity contribution in [2.24, 2.45) is 0 Å². The maximum absolute atomic E-state index is 12.2. The van der Waals surface area contributed by atoms with E-state index in [4.69, 9.17) is 0 Å². The van der Waals surface area contributed by atoms with Crippen LogP contribution in [-0.4, -0.2) is 21.5 Å². The van der Waals surface area contributed by atoms with E-state index in [0.717, 1.165) is 41.3 Å². The summed E-state index contributed by atoms with van der Waals surface area (Å²) in [6, 6.07) is 2.19. The molecule has 0 unspecified atom stereocenters. The average Bonchev–Trinajstić information content (AvgIpc) is 2.93. The third kappa shape index (κ3) is 2.42. The van der Waals surface area contributed by atoms with Crippen LogP contribution < -0.4 is 5.32 Å². The first kappa shape index (κ1) is 12.4. The molecule has 1 aliphatic rings. The van der Waals surface area contributed by atoms with Crippen LogP contribution in [0.25, 0.3) is 0 Å². The van der Waals surface area contributed by atoms with E-state index >= 15 is 0 Å². The van der Waals surface area contributed by atoms with Crippen molar-refractivity contribution in [2.75, 3.05) is 0 Å². The summed E-state index contributed by atoms with van der Waals surface area (Å²) >= 11 is 1.50. The van der Waals surface area contributed by atoms with Crippen LogP contribution in [0.2, 0.25) is 0 Å². The normalized spacial score (nSPS) is 18.1. The number of aromatic nitrogens is 2. The molecule has 2 aromatic rings. The van der Waals surface area contributed by atoms with Crippen LogP contribution in [0.5, 0.6) is 0 Å². The first-order valence-electron chi connectivity index (χ1n) is 6.51. The summed E-state index contributed by atoms with van der Waals surface area (Å²) in [6.45, 7) is 4.81. The summed E-state index contributed by atoms with van der Waals surface area (Å²) in [7, 11) is 0. The summed E-state index contributed by atoms with van der Waals surface area (Å²) in [5, 5.41) is 5.10. The maximum atomic E-state index is 12.2. The quantitative estimate of drug-likeness (QED) is 0.914. The zero-order valence-corrected chi connectivity index (χ0v) is 12.0. The van der Waals surface area contributed by atoms with Crippen molar-refractivity contribution < 1.29 is 4.79 Å². The molecule has 2 aromatic heterocycles. The summed E-state index contributed by atoms with van der Waals surface area (Å²) in [4.78, 5) is 17.5. The Bertz CT molecular complexity index is 614. The predicted molar refractivity (Wildman–Crippen MR) is 75.6 cm³/mol. The molecular weight excluding hydrogens is 258 g/mol. The summed E-state index contributed by atoms with van der Waals surface area (Å²) < 4.78 is 2.16. The number of imidazole rings is 1. The van der Waals surface area contributed by atoms with Gasteiger partial charge in [0.05, 0.1) is 10.6 Å². The van der Waals surface area contributed by atoms with Crippen molar-refractivity contribution in [3.8, 4) is 0 Å². The number of hydrogen-bond acceptors (Lipinski definition) is 3. The minimum Gasteiger partial charge on any atom is -0.347 e. The van der Waals surface area contributed by atoms with E-state index in [9.17, 15) is 4.79 Å². The molecule has 1 aliphatic heterocycles. The van der Waals surface area contributed by atoms with E-state index in [2.05, 4.69) is 21.1 Å². The largest absolute Gasteiger partial charge is 0.347 e. The highest BCUT2D eigenvalue weighted by Gasteiger charge is 2.22. The van der Waals surface area contributed by atoms with Gasteiger partial charge in [0.2, 0.25) is 0 Å². The van der Waals surface area contributed by atoms with Crippen molar-refractivity contribution in [1.29, 1.82) is 0 Å². The van der Waals surface area contributed by atoms with Crippen LogP contribution in [0.4, 0.5) is 0 Å². The van der Waals surface area contributed by atoms with Gasteiger partial charge in [-0.25, -0.2) is 4.98 Å². The topological polar surface area (TPSA) is 46.9 Å². The molecule has 100 valence electrons. The second-order valence-electron chi connectivity index (χ2n) is 5.09. The predicted octanol–water partition coefficient (Wildman–Crippen LogP) is 2.31. The Labute approximate surface area is 116 Å². The first-order chi connectivity index (χ1) is 9.13. The molecule has 0 saturated carbocycles. The molecule has 19 heavy (non-hydrogen) atoms. The van der Waals surface area contributed by atoms with Gasteiger partial charge in [-0.1, -0.05) is 0 Å². The van der Waals surface area contributed by atoms with Crippen LogP contribution >= 0.6 is 11.3 Å². The number of nitrogens with zero attached hydrogens (tertiary/aromatic N) is 2. The van der Waals surface area contributed by atoms with Gasteiger partial charge in [-0.3, -0.25) is 4.79 Å². The minimum absolute atomic E-state index is 0.0535. The van der Waals surface area contributed by atoms with Crippen LogP contribution in [0.1, 0.15) is 33.2 Å². The zero-order valence-electron chi connectivity index (χ0n) is 11.1. The highest BCUT2D eigenvalue weighted by Crippen LogP contribution is 2.18. The average molecular weight is 275 g/mol. The monoisotopic (exact) mass is 275 g/mol. The molecule has 4 nitrogen and oxygen atoms in total. The van der Waals surface area contributed by atoms with Gasteiger partial charge in [-0.05, 0) is 37.3 Å². The number of aryl methyl sites for hydroxylation is 3. The van der Waals surface area contributed by atoms with Gasteiger partial charge in [0.15, 0.2) is 0 Å². The molecular formula is C14H17N3OS. The molecule has 0 radical (unpaired) electrons. The third-order valence-electron chi connectivity index (χ3n) is 3.52. The number of hydrogen-bond donors (Lipinski definition) is 1. The standard InChI is InChI=1S/C14H17N3OS/c1-9-5-6-19-13(9)14(18)16-11-3-4-12-15-10(2)7-17(12)8-11/h5-7,11H,3-4,8H2,1-2H3,(H,16,18)/t11-/m1/s1. The van der Waals surface area contributed by atoms with Crippen molar-refractivity contribution in [2.45, 2.75) is 39.3 Å². The Hall–Kier alpha value is -1.62. The van der Waals surface area contributed by atoms with Gasteiger partial charge in [0, 0.05) is 25.2 Å². The molecule has 0 aliphatic carbocycles. The van der Waals surface area contributed by atoms with E-state index in [1.165, 1.54) is 11.3 Å². The minimum atomic E-state index is 0.0535. The van der Waals surface area contributed by atoms with Crippen molar-refractivity contribution in [3.63, 3.8) is 0 Å². The maximum Gasteiger partial charge on any atom is 0.261 e. The van der Waals surface area contributed by atoms with Crippen LogP contribution in [0, 0.1) is 13.8 Å². The zero-order chi connectivity index (χ0) is 13.4. The lowest BCUT2D eigenvalue weighted by atomic mass is 10.1. The number of nitrogens with one attached hydrogen (secondary N) is 1. The number of amides is 1. The van der Waals surface area contributed by atoms with Gasteiger partial charge >= 0.3 is 0 Å². The summed E-state index contributed by atoms with van der Waals surface area (Å²) in [5.74, 6) is 1.19. The van der Waals surface area contributed by atoms with Crippen LogP contribution in [-0.2, 0) is 13.0 Å². The molecule has 1 N–H and O–H groups in total. The first-order valence-corrected chi connectivity index (χ1v) is 7.39. The Balaban J connectivity index is 1.69. The van der Waals surface area contributed by atoms with Crippen molar-refractivity contribution in [1.82, 2.24) is 14.9 Å². The number of fused-ring (bicyclic) bond motifs is 1. The Morgan fingerprint density at radius 2 is 2.37 bits per heavy atom. The van der Waals surface area contributed by atoms with E-state index < -0.39 is 0 Å². The Morgan fingerprint density at radius 1 is 1.53 bits per heavy atom. The van der Waals surface area contributed by atoms with Gasteiger partial charge in [-0.15, -0.1) is 11.3 Å². The molecule has 3 heterocycles. The van der Waals surface area contributed by atoms with Crippen LogP contribution in [0.3, 0.4) is 0 Å². The van der Waals surface area contributed by atoms with E-state index in [-0.39, 0.29) is 11.9 Å². The smallest absolute Gasteiger partial charge is 0.261 e. The highest BCUT2D eigenvalue weighted by molar-refractivity contribution is 7.12. The SMILES string of the molecule is Cc1cn2c(n1)CC[C@@H](NC(=O)c1sccc1C)C2. The van der Waals surface area contributed by atoms with Gasteiger partial charge < -0.3 is 9.88 Å². The highest BCUT2D eigenvalue weighted by atomic mass is 32.1. The van der Waals surface area contributed by atoms with Crippen molar-refractivity contribution in [3.05, 3.63) is 39.6 Å².